The van der Waals surface area contributed by atoms with E-state index in [1.807, 2.05) is 0 Å². The van der Waals surface area contributed by atoms with Gasteiger partial charge in [-0.15, -0.1) is 0 Å². The second kappa shape index (κ2) is 3.68. The molecule has 0 amide bonds. The first-order chi connectivity index (χ1) is 4.48. The van der Waals surface area contributed by atoms with E-state index in [0.717, 1.165) is 7.11 Å². The van der Waals surface area contributed by atoms with Crippen molar-refractivity contribution in [2.45, 2.75) is 0 Å². The number of carboxylic acids is 1. The van der Waals surface area contributed by atoms with Crippen LogP contribution in [-0.2, 0) is 13.9 Å². The van der Waals surface area contributed by atoms with E-state index in [-0.39, 0.29) is 0 Å². The lowest BCUT2D eigenvalue weighted by molar-refractivity contribution is -0.135. The van der Waals surface area contributed by atoms with E-state index < -0.39 is 20.3 Å². The largest absolute Gasteiger partial charge is 0.480 e. The van der Waals surface area contributed by atoms with Crippen LogP contribution in [0.1, 0.15) is 0 Å². The third-order valence-electron chi connectivity index (χ3n) is 0.678. The lowest BCUT2D eigenvalue weighted by atomic mass is 10.7. The molecule has 1 atom stereocenters. The molecule has 0 bridgehead atoms. The third-order valence-corrected chi connectivity index (χ3v) is 1.73. The minimum absolute atomic E-state index is 0.596. The van der Waals surface area contributed by atoms with Gasteiger partial charge in [-0.05, 0) is 0 Å². The molecule has 0 aliphatic heterocycles. The Morgan fingerprint density at radius 1 is 1.80 bits per heavy atom. The summed E-state index contributed by atoms with van der Waals surface area (Å²) in [6, 6.07) is 0. The topological polar surface area (TPSA) is 95.9 Å². The number of nitrogens with one attached hydrogen (secondary N) is 1. The maximum atomic E-state index is 10.4. The van der Waals surface area contributed by atoms with E-state index in [1.165, 1.54) is 0 Å². The molecule has 0 saturated carbocycles. The predicted octanol–water partition coefficient (Wildman–Crippen LogP) is -0.593. The minimum Gasteiger partial charge on any atom is -0.480 e. The first-order valence-corrected chi connectivity index (χ1v) is 3.91. The highest BCUT2D eigenvalue weighted by atomic mass is 31.2. The summed E-state index contributed by atoms with van der Waals surface area (Å²) in [6.07, 6.45) is 0. The van der Waals surface area contributed by atoms with Gasteiger partial charge in [-0.3, -0.25) is 4.79 Å². The van der Waals surface area contributed by atoms with E-state index in [2.05, 4.69) is 4.52 Å². The van der Waals surface area contributed by atoms with Gasteiger partial charge in [-0.25, -0.2) is 9.65 Å². The maximum Gasteiger partial charge on any atom is 0.403 e. The number of hydrogen-bond donors (Lipinski definition) is 3. The summed E-state index contributed by atoms with van der Waals surface area (Å²) in [6.45, 7) is -0.596. The number of rotatable bonds is 4. The second-order valence-electron chi connectivity index (χ2n) is 1.43. The molecule has 6 nitrogen and oxygen atoms in total. The van der Waals surface area contributed by atoms with Crippen LogP contribution in [0.4, 0.5) is 0 Å². The van der Waals surface area contributed by atoms with Gasteiger partial charge in [0.05, 0.1) is 0 Å². The van der Waals surface area contributed by atoms with Crippen LogP contribution in [0.2, 0.25) is 0 Å². The van der Waals surface area contributed by atoms with Gasteiger partial charge in [-0.2, -0.15) is 0 Å². The molecule has 10 heavy (non-hydrogen) atoms. The Morgan fingerprint density at radius 2 is 2.30 bits per heavy atom. The molecule has 0 aromatic heterocycles. The average Bonchev–Trinajstić information content (AvgIpc) is 1.85. The van der Waals surface area contributed by atoms with E-state index in [0.29, 0.717) is 0 Å². The molecule has 0 spiro atoms. The molecule has 3 N–H and O–H groups in total. The normalized spacial score (nSPS) is 16.2. The summed E-state index contributed by atoms with van der Waals surface area (Å²) < 4.78 is 14.5. The van der Waals surface area contributed by atoms with Crippen molar-refractivity contribution >= 4 is 13.7 Å². The van der Waals surface area contributed by atoms with E-state index in [9.17, 15) is 9.36 Å². The zero-order valence-corrected chi connectivity index (χ0v) is 6.17. The quantitative estimate of drug-likeness (QED) is 0.486. The summed E-state index contributed by atoms with van der Waals surface area (Å²) in [5, 5.41) is 9.82. The SMILES string of the molecule is COP(=O)(O)NCC(=O)O. The van der Waals surface area contributed by atoms with Crippen LogP contribution in [-0.4, -0.2) is 29.6 Å². The molecular weight excluding hydrogens is 161 g/mol. The Hall–Kier alpha value is -0.420. The van der Waals surface area contributed by atoms with E-state index in [1.54, 1.807) is 5.09 Å². The van der Waals surface area contributed by atoms with Crippen LogP contribution >= 0.6 is 7.75 Å². The zero-order chi connectivity index (χ0) is 8.20. The van der Waals surface area contributed by atoms with Crippen molar-refractivity contribution in [2.75, 3.05) is 13.7 Å². The Kier molecular flexibility index (Phi) is 3.52. The fraction of sp³-hybridized carbons (Fsp3) is 0.667. The average molecular weight is 169 g/mol. The highest BCUT2D eigenvalue weighted by Crippen LogP contribution is 2.34. The molecule has 1 unspecified atom stereocenters. The molecule has 0 rings (SSSR count). The van der Waals surface area contributed by atoms with Gasteiger partial charge in [-0.1, -0.05) is 0 Å². The smallest absolute Gasteiger partial charge is 0.403 e. The van der Waals surface area contributed by atoms with Crippen LogP contribution in [0.5, 0.6) is 0 Å². The van der Waals surface area contributed by atoms with Crippen molar-refractivity contribution in [3.63, 3.8) is 0 Å². The number of carboxylic acid groups (broad SMARTS) is 1. The highest BCUT2D eigenvalue weighted by molar-refractivity contribution is 7.50. The van der Waals surface area contributed by atoms with Gasteiger partial charge in [0.25, 0.3) is 0 Å². The van der Waals surface area contributed by atoms with Crippen molar-refractivity contribution < 1.29 is 23.9 Å². The van der Waals surface area contributed by atoms with Gasteiger partial charge in [0, 0.05) is 7.11 Å². The maximum absolute atomic E-state index is 10.4. The number of hydrogen-bond acceptors (Lipinski definition) is 3. The first-order valence-electron chi connectivity index (χ1n) is 2.33. The predicted molar refractivity (Wildman–Crippen MR) is 32.5 cm³/mol. The lowest BCUT2D eigenvalue weighted by Crippen LogP contribution is -2.20. The van der Waals surface area contributed by atoms with Gasteiger partial charge in [0.1, 0.15) is 6.54 Å². The van der Waals surface area contributed by atoms with Crippen LogP contribution in [0, 0.1) is 0 Å². The molecule has 7 heteroatoms. The fourth-order valence-corrected chi connectivity index (χ4v) is 0.696. The molecule has 0 fully saturated rings. The lowest BCUT2D eigenvalue weighted by Gasteiger charge is -2.06. The van der Waals surface area contributed by atoms with Gasteiger partial charge >= 0.3 is 13.7 Å². The molecule has 0 heterocycles. The summed E-state index contributed by atoms with van der Waals surface area (Å²) in [5.41, 5.74) is 0. The summed E-state index contributed by atoms with van der Waals surface area (Å²) in [7, 11) is -2.85. The molecule has 0 aromatic rings. The zero-order valence-electron chi connectivity index (χ0n) is 5.27. The van der Waals surface area contributed by atoms with Gasteiger partial charge in [0.15, 0.2) is 0 Å². The monoisotopic (exact) mass is 169 g/mol. The Labute approximate surface area is 57.4 Å². The third kappa shape index (κ3) is 4.46. The summed E-state index contributed by atoms with van der Waals surface area (Å²) >= 11 is 0. The van der Waals surface area contributed by atoms with E-state index >= 15 is 0 Å². The van der Waals surface area contributed by atoms with Crippen molar-refractivity contribution in [1.82, 2.24) is 5.09 Å². The Balaban J connectivity index is 3.68. The second-order valence-corrected chi connectivity index (χ2v) is 3.15. The summed E-state index contributed by atoms with van der Waals surface area (Å²) in [5.74, 6) is -1.22. The van der Waals surface area contributed by atoms with Crippen LogP contribution in [0.25, 0.3) is 0 Å². The number of carbonyl (C=O) groups is 1. The Morgan fingerprint density at radius 3 is 2.60 bits per heavy atom. The minimum atomic E-state index is -3.86. The Bertz CT molecular complexity index is 168. The molecule has 0 aromatic carbocycles. The molecule has 0 aliphatic carbocycles. The molecule has 0 radical (unpaired) electrons. The first kappa shape index (κ1) is 9.58. The van der Waals surface area contributed by atoms with Crippen LogP contribution in [0.15, 0.2) is 0 Å². The molecule has 60 valence electrons. The summed E-state index contributed by atoms with van der Waals surface area (Å²) in [4.78, 5) is 18.3. The molecule has 0 saturated heterocycles. The van der Waals surface area contributed by atoms with Crippen molar-refractivity contribution in [3.05, 3.63) is 0 Å². The van der Waals surface area contributed by atoms with Gasteiger partial charge in [0.2, 0.25) is 0 Å². The van der Waals surface area contributed by atoms with Crippen LogP contribution in [0.3, 0.4) is 0 Å². The standard InChI is InChI=1S/C3H8NO5P/c1-9-10(7,8)4-2-3(5)6/h2H2,1H3,(H,5,6)(H2,4,7,8). The molecular formula is C3H8NO5P. The van der Waals surface area contributed by atoms with Crippen molar-refractivity contribution in [3.8, 4) is 0 Å². The van der Waals surface area contributed by atoms with Crippen molar-refractivity contribution in [1.29, 1.82) is 0 Å². The van der Waals surface area contributed by atoms with Crippen molar-refractivity contribution in [2.24, 2.45) is 0 Å². The van der Waals surface area contributed by atoms with E-state index in [4.69, 9.17) is 10.00 Å². The number of aliphatic carboxylic acids is 1. The van der Waals surface area contributed by atoms with Gasteiger partial charge < -0.3 is 14.5 Å². The highest BCUT2D eigenvalue weighted by Gasteiger charge is 2.16. The van der Waals surface area contributed by atoms with Crippen LogP contribution < -0.4 is 5.09 Å². The molecule has 0 aliphatic rings. The fourth-order valence-electron chi connectivity index (χ4n) is 0.232.